The zero-order valence-electron chi connectivity index (χ0n) is 14.3. The molecule has 3 aromatic carbocycles. The Labute approximate surface area is 166 Å². The van der Waals surface area contributed by atoms with Gasteiger partial charge in [-0.15, -0.1) is 0 Å². The fourth-order valence-electron chi connectivity index (χ4n) is 3.38. The Morgan fingerprint density at radius 1 is 1.00 bits per heavy atom. The maximum Gasteiger partial charge on any atom is 0.229 e. The zero-order chi connectivity index (χ0) is 19.0. The summed E-state index contributed by atoms with van der Waals surface area (Å²) in [6.07, 6.45) is 0.177. The molecule has 4 nitrogen and oxygen atoms in total. The van der Waals surface area contributed by atoms with E-state index in [1.807, 2.05) is 42.5 Å². The Hall–Kier alpha value is -2.56. The number of carbonyl (C=O) groups is 2. The van der Waals surface area contributed by atoms with Crippen molar-refractivity contribution in [2.24, 2.45) is 5.92 Å². The minimum atomic E-state index is -0.425. The van der Waals surface area contributed by atoms with Crippen molar-refractivity contribution < 1.29 is 9.59 Å². The molecule has 1 aliphatic heterocycles. The summed E-state index contributed by atoms with van der Waals surface area (Å²) in [5, 5.41) is 5.67. The molecule has 0 spiro atoms. The van der Waals surface area contributed by atoms with E-state index in [0.717, 1.165) is 16.5 Å². The fourth-order valence-corrected chi connectivity index (χ4v) is 3.68. The number of hydrogen-bond acceptors (Lipinski definition) is 2. The Bertz CT molecular complexity index is 1050. The van der Waals surface area contributed by atoms with E-state index in [1.165, 1.54) is 0 Å². The standard InChI is InChI=1S/C21H16Cl2N2O2/c22-17-9-8-15(11-18(17)23)24-21(27)14-10-20(26)25(12-14)19-7-3-5-13-4-1-2-6-16(13)19/h1-9,11,14H,10,12H2,(H,24,27)/t14-/m1/s1. The molecule has 0 aromatic heterocycles. The first kappa shape index (κ1) is 17.8. The molecule has 1 heterocycles. The number of benzene rings is 3. The molecule has 6 heteroatoms. The molecule has 1 atom stereocenters. The molecule has 27 heavy (non-hydrogen) atoms. The normalized spacial score (nSPS) is 16.7. The molecule has 3 aromatic rings. The average molecular weight is 399 g/mol. The largest absolute Gasteiger partial charge is 0.326 e. The number of nitrogens with zero attached hydrogens (tertiary/aromatic N) is 1. The summed E-state index contributed by atoms with van der Waals surface area (Å²) in [4.78, 5) is 26.9. The summed E-state index contributed by atoms with van der Waals surface area (Å²) in [6, 6.07) is 18.7. The maximum atomic E-state index is 12.6. The van der Waals surface area contributed by atoms with E-state index < -0.39 is 5.92 Å². The highest BCUT2D eigenvalue weighted by Gasteiger charge is 2.35. The van der Waals surface area contributed by atoms with E-state index in [9.17, 15) is 9.59 Å². The van der Waals surface area contributed by atoms with Crippen LogP contribution in [0.4, 0.5) is 11.4 Å². The second-order valence-electron chi connectivity index (χ2n) is 6.52. The number of fused-ring (bicyclic) bond motifs is 1. The van der Waals surface area contributed by atoms with Crippen molar-refractivity contribution in [3.05, 3.63) is 70.7 Å². The van der Waals surface area contributed by atoms with E-state index in [1.54, 1.807) is 23.1 Å². The van der Waals surface area contributed by atoms with Gasteiger partial charge in [0.25, 0.3) is 0 Å². The van der Waals surface area contributed by atoms with E-state index in [2.05, 4.69) is 5.32 Å². The monoisotopic (exact) mass is 398 g/mol. The number of hydrogen-bond donors (Lipinski definition) is 1. The van der Waals surface area contributed by atoms with Gasteiger partial charge < -0.3 is 10.2 Å². The SMILES string of the molecule is O=C(Nc1ccc(Cl)c(Cl)c1)[C@@H]1CC(=O)N(c2cccc3ccccc23)C1. The van der Waals surface area contributed by atoms with Crippen LogP contribution in [0.5, 0.6) is 0 Å². The average Bonchev–Trinajstić information content (AvgIpc) is 3.06. The fraction of sp³-hybridized carbons (Fsp3) is 0.143. The number of carbonyl (C=O) groups excluding carboxylic acids is 2. The lowest BCUT2D eigenvalue weighted by atomic mass is 10.1. The van der Waals surface area contributed by atoms with Crippen LogP contribution in [0.2, 0.25) is 10.0 Å². The van der Waals surface area contributed by atoms with Gasteiger partial charge in [-0.3, -0.25) is 9.59 Å². The summed E-state index contributed by atoms with van der Waals surface area (Å²) in [7, 11) is 0. The van der Waals surface area contributed by atoms with Gasteiger partial charge in [-0.1, -0.05) is 59.6 Å². The van der Waals surface area contributed by atoms with Gasteiger partial charge in [0.15, 0.2) is 0 Å². The minimum absolute atomic E-state index is 0.0550. The topological polar surface area (TPSA) is 49.4 Å². The number of anilines is 2. The van der Waals surface area contributed by atoms with Crippen LogP contribution in [-0.2, 0) is 9.59 Å². The van der Waals surface area contributed by atoms with Crippen LogP contribution in [0, 0.1) is 5.92 Å². The number of amides is 2. The second-order valence-corrected chi connectivity index (χ2v) is 7.34. The number of rotatable bonds is 3. The maximum absolute atomic E-state index is 12.6. The van der Waals surface area contributed by atoms with Crippen LogP contribution in [0.25, 0.3) is 10.8 Å². The number of nitrogens with one attached hydrogen (secondary N) is 1. The predicted molar refractivity (Wildman–Crippen MR) is 109 cm³/mol. The van der Waals surface area contributed by atoms with Gasteiger partial charge in [0.1, 0.15) is 0 Å². The van der Waals surface area contributed by atoms with Gasteiger partial charge in [-0.25, -0.2) is 0 Å². The summed E-state index contributed by atoms with van der Waals surface area (Å²) in [6.45, 7) is 0.347. The van der Waals surface area contributed by atoms with E-state index in [4.69, 9.17) is 23.2 Å². The van der Waals surface area contributed by atoms with Crippen LogP contribution in [0.1, 0.15) is 6.42 Å². The first-order valence-electron chi connectivity index (χ1n) is 8.57. The van der Waals surface area contributed by atoms with Crippen LogP contribution in [0.15, 0.2) is 60.7 Å². The second kappa shape index (κ2) is 7.22. The van der Waals surface area contributed by atoms with Crippen LogP contribution in [0.3, 0.4) is 0 Å². The van der Waals surface area contributed by atoms with Gasteiger partial charge in [0.2, 0.25) is 11.8 Å². The lowest BCUT2D eigenvalue weighted by Gasteiger charge is -2.19. The van der Waals surface area contributed by atoms with Crippen molar-refractivity contribution in [3.8, 4) is 0 Å². The van der Waals surface area contributed by atoms with Gasteiger partial charge in [0, 0.05) is 24.0 Å². The van der Waals surface area contributed by atoms with Crippen LogP contribution in [-0.4, -0.2) is 18.4 Å². The highest BCUT2D eigenvalue weighted by atomic mass is 35.5. The molecule has 0 saturated carbocycles. The molecule has 0 aliphatic carbocycles. The van der Waals surface area contributed by atoms with Gasteiger partial charge in [-0.05, 0) is 29.7 Å². The summed E-state index contributed by atoms with van der Waals surface area (Å²) in [5.41, 5.74) is 1.40. The molecule has 4 rings (SSSR count). The lowest BCUT2D eigenvalue weighted by Crippen LogP contribution is -2.28. The Balaban J connectivity index is 1.55. The van der Waals surface area contributed by atoms with Gasteiger partial charge in [-0.2, -0.15) is 0 Å². The van der Waals surface area contributed by atoms with E-state index in [0.29, 0.717) is 22.3 Å². The zero-order valence-corrected chi connectivity index (χ0v) is 15.8. The molecule has 2 amide bonds. The van der Waals surface area contributed by atoms with Crippen molar-refractivity contribution >= 4 is 57.2 Å². The molecule has 0 unspecified atom stereocenters. The predicted octanol–water partition coefficient (Wildman–Crippen LogP) is 5.14. The molecule has 0 radical (unpaired) electrons. The van der Waals surface area contributed by atoms with Crippen molar-refractivity contribution in [2.45, 2.75) is 6.42 Å². The lowest BCUT2D eigenvalue weighted by molar-refractivity contribution is -0.122. The van der Waals surface area contributed by atoms with E-state index in [-0.39, 0.29) is 18.2 Å². The van der Waals surface area contributed by atoms with Crippen molar-refractivity contribution in [1.82, 2.24) is 0 Å². The number of halogens is 2. The van der Waals surface area contributed by atoms with Crippen LogP contribution >= 0.6 is 23.2 Å². The molecule has 1 aliphatic rings. The highest BCUT2D eigenvalue weighted by molar-refractivity contribution is 6.42. The first-order chi connectivity index (χ1) is 13.0. The quantitative estimate of drug-likeness (QED) is 0.663. The molecule has 136 valence electrons. The summed E-state index contributed by atoms with van der Waals surface area (Å²) < 4.78 is 0. The Morgan fingerprint density at radius 3 is 2.59 bits per heavy atom. The van der Waals surface area contributed by atoms with Crippen LogP contribution < -0.4 is 10.2 Å². The molecule has 1 N–H and O–H groups in total. The Kier molecular flexibility index (Phi) is 4.77. The third-order valence-corrected chi connectivity index (χ3v) is 5.48. The van der Waals surface area contributed by atoms with E-state index >= 15 is 0 Å². The van der Waals surface area contributed by atoms with Crippen molar-refractivity contribution in [1.29, 1.82) is 0 Å². The van der Waals surface area contributed by atoms with Crippen molar-refractivity contribution in [3.63, 3.8) is 0 Å². The smallest absolute Gasteiger partial charge is 0.229 e. The van der Waals surface area contributed by atoms with Gasteiger partial charge >= 0.3 is 0 Å². The molecule has 0 bridgehead atoms. The highest BCUT2D eigenvalue weighted by Crippen LogP contribution is 2.32. The third kappa shape index (κ3) is 3.51. The molecule has 1 saturated heterocycles. The minimum Gasteiger partial charge on any atom is -0.326 e. The summed E-state index contributed by atoms with van der Waals surface area (Å²) in [5.74, 6) is -0.684. The Morgan fingerprint density at radius 2 is 1.78 bits per heavy atom. The molecule has 1 fully saturated rings. The van der Waals surface area contributed by atoms with Crippen molar-refractivity contribution in [2.75, 3.05) is 16.8 Å². The third-order valence-electron chi connectivity index (χ3n) is 4.74. The summed E-state index contributed by atoms with van der Waals surface area (Å²) >= 11 is 11.9. The molecular weight excluding hydrogens is 383 g/mol. The van der Waals surface area contributed by atoms with Gasteiger partial charge in [0.05, 0.1) is 21.7 Å². The molecular formula is C21H16Cl2N2O2. The first-order valence-corrected chi connectivity index (χ1v) is 9.32.